The summed E-state index contributed by atoms with van der Waals surface area (Å²) in [6.07, 6.45) is -34.1. The molecule has 0 aliphatic carbocycles. The first-order valence-electron chi connectivity index (χ1n) is 15.1. The Morgan fingerprint density at radius 1 is 0.361 bits per heavy atom. The molecule has 4 rings (SSSR count). The van der Waals surface area contributed by atoms with Gasteiger partial charge in [0.05, 0.1) is 0 Å². The van der Waals surface area contributed by atoms with Crippen LogP contribution in [-0.4, -0.2) is 50.7 Å². The minimum Gasteiger partial charge on any atom is -0.389 e. The van der Waals surface area contributed by atoms with Crippen molar-refractivity contribution in [3.8, 4) is 0 Å². The summed E-state index contributed by atoms with van der Waals surface area (Å²) >= 11 is 0. The van der Waals surface area contributed by atoms with Crippen molar-refractivity contribution in [2.75, 3.05) is 0 Å². The minimum absolute atomic E-state index is 0.366. The number of halogens is 26. The molecule has 4 aromatic carbocycles. The highest BCUT2D eigenvalue weighted by Gasteiger charge is 2.63. The normalized spacial score (nSPS) is 12.6. The summed E-state index contributed by atoms with van der Waals surface area (Å²) in [4.78, 5) is 0. The van der Waals surface area contributed by atoms with Crippen LogP contribution < -0.4 is 21.9 Å². The van der Waals surface area contributed by atoms with Crippen LogP contribution in [0.5, 0.6) is 0 Å². The van der Waals surface area contributed by atoms with E-state index in [0.29, 0.717) is 19.1 Å². The van der Waals surface area contributed by atoms with Crippen molar-refractivity contribution < 1.29 is 123 Å². The lowest BCUT2D eigenvalue weighted by molar-refractivity contribution is -0.317. The van der Waals surface area contributed by atoms with Gasteiger partial charge >= 0.3 is 31.8 Å². The van der Waals surface area contributed by atoms with E-state index in [4.69, 9.17) is 0 Å². The number of benzene rings is 4. The lowest BCUT2D eigenvalue weighted by Gasteiger charge is -2.30. The predicted molar refractivity (Wildman–Crippen MR) is 154 cm³/mol. The third-order valence-electron chi connectivity index (χ3n) is 7.65. The molecular formula is C31H10B2F26O2. The first-order chi connectivity index (χ1) is 27.6. The zero-order valence-corrected chi connectivity index (χ0v) is 28.3. The van der Waals surface area contributed by atoms with Crippen LogP contribution in [0.15, 0.2) is 30.3 Å². The second-order valence-electron chi connectivity index (χ2n) is 11.6. The summed E-state index contributed by atoms with van der Waals surface area (Å²) in [6.45, 7) is -3.35. The van der Waals surface area contributed by atoms with Gasteiger partial charge in [-0.3, -0.25) is 0 Å². The predicted octanol–water partition coefficient (Wildman–Crippen LogP) is 8.86. The first kappa shape index (κ1) is 50.5. The highest BCUT2D eigenvalue weighted by molar-refractivity contribution is 6.95. The van der Waals surface area contributed by atoms with Crippen molar-refractivity contribution in [1.29, 1.82) is 0 Å². The second-order valence-corrected chi connectivity index (χ2v) is 11.6. The van der Waals surface area contributed by atoms with Gasteiger partial charge in [-0.25, -0.2) is 61.5 Å². The molecule has 0 radical (unpaired) electrons. The molecule has 0 saturated heterocycles. The van der Waals surface area contributed by atoms with Crippen LogP contribution in [0.25, 0.3) is 0 Å². The zero-order chi connectivity index (χ0) is 47.2. The van der Waals surface area contributed by atoms with Crippen LogP contribution >= 0.6 is 0 Å². The molecule has 0 N–H and O–H groups in total. The molecule has 0 amide bonds. The van der Waals surface area contributed by atoms with Crippen LogP contribution in [0.1, 0.15) is 5.56 Å². The Hall–Kier alpha value is -4.89. The van der Waals surface area contributed by atoms with E-state index in [9.17, 15) is 114 Å². The summed E-state index contributed by atoms with van der Waals surface area (Å²) in [5.74, 6) is -39.2. The largest absolute Gasteiger partial charge is 0.495 e. The molecule has 0 heterocycles. The molecule has 61 heavy (non-hydrogen) atoms. The van der Waals surface area contributed by atoms with Crippen LogP contribution in [0.2, 0.25) is 0 Å². The quantitative estimate of drug-likeness (QED) is 0.0762. The summed E-state index contributed by atoms with van der Waals surface area (Å²) in [5.41, 5.74) is -9.77. The van der Waals surface area contributed by atoms with Gasteiger partial charge in [0.2, 0.25) is 12.2 Å². The van der Waals surface area contributed by atoms with Crippen LogP contribution in [-0.2, 0) is 9.31 Å². The van der Waals surface area contributed by atoms with E-state index >= 15 is 0 Å². The molecule has 0 spiro atoms. The van der Waals surface area contributed by atoms with Gasteiger partial charge in [0.25, 0.3) is 6.71 Å². The first-order valence-corrected chi connectivity index (χ1v) is 15.1. The van der Waals surface area contributed by atoms with Crippen LogP contribution in [0.4, 0.5) is 114 Å². The molecule has 334 valence electrons. The molecule has 30 heteroatoms. The van der Waals surface area contributed by atoms with Gasteiger partial charge in [-0.15, -0.1) is 0 Å². The fourth-order valence-corrected chi connectivity index (χ4v) is 4.94. The lowest BCUT2D eigenvalue weighted by atomic mass is 9.35. The van der Waals surface area contributed by atoms with Gasteiger partial charge in [-0.2, -0.15) is 52.7 Å². The molecule has 0 saturated carbocycles. The summed E-state index contributed by atoms with van der Waals surface area (Å²) in [7, 11) is -3.27. The van der Waals surface area contributed by atoms with Crippen molar-refractivity contribution in [3.63, 3.8) is 0 Å². The van der Waals surface area contributed by atoms with Crippen molar-refractivity contribution >= 4 is 35.7 Å². The van der Waals surface area contributed by atoms with E-state index in [2.05, 4.69) is 9.31 Å². The smallest absolute Gasteiger partial charge is 0.389 e. The van der Waals surface area contributed by atoms with Crippen LogP contribution in [0.3, 0.4) is 0 Å². The van der Waals surface area contributed by atoms with E-state index in [-0.39, 0.29) is 0 Å². The molecule has 0 aliphatic heterocycles. The molecule has 2 nitrogen and oxygen atoms in total. The van der Waals surface area contributed by atoms with Crippen molar-refractivity contribution in [2.24, 2.45) is 0 Å². The molecular weight excluding hydrogens is 920 g/mol. The Labute approximate surface area is 320 Å². The third-order valence-corrected chi connectivity index (χ3v) is 7.65. The average Bonchev–Trinajstić information content (AvgIpc) is 3.14. The van der Waals surface area contributed by atoms with E-state index in [0.717, 1.165) is 18.2 Å². The molecule has 0 atom stereocenters. The standard InChI is InChI=1S/C19H3BF14.C12H7BF12O2/c1-2-6(21)3(8(23)13(28)7(2)22)20(4-9(24)14(29)18(33)15(30)10(4)25)5-11(26)16(31)19(34)17(32)12(5)27;14-9(15,16)7(10(17,18)19)26-13(6-4-2-1-3-5-6)27-8(11(20,21)22)12(23,24)25/h1H3;1-5,7-8H. The van der Waals surface area contributed by atoms with E-state index in [1.165, 1.54) is 0 Å². The van der Waals surface area contributed by atoms with Gasteiger partial charge in [0.1, 0.15) is 5.82 Å². The lowest BCUT2D eigenvalue weighted by Crippen LogP contribution is -2.60. The topological polar surface area (TPSA) is 18.5 Å². The molecule has 0 bridgehead atoms. The van der Waals surface area contributed by atoms with Crippen LogP contribution in [0, 0.1) is 88.4 Å². The fourth-order valence-electron chi connectivity index (χ4n) is 4.94. The Bertz CT molecular complexity index is 1940. The highest BCUT2D eigenvalue weighted by atomic mass is 19.4. The summed E-state index contributed by atoms with van der Waals surface area (Å²) < 4.78 is 354. The van der Waals surface area contributed by atoms with Crippen molar-refractivity contribution in [1.82, 2.24) is 0 Å². The molecule has 0 aliphatic rings. The number of rotatable bonds is 8. The maximum absolute atomic E-state index is 14.8. The highest BCUT2D eigenvalue weighted by Crippen LogP contribution is 2.39. The van der Waals surface area contributed by atoms with Gasteiger partial charge in [0.15, 0.2) is 75.6 Å². The Morgan fingerprint density at radius 2 is 0.607 bits per heavy atom. The van der Waals surface area contributed by atoms with Crippen molar-refractivity contribution in [3.05, 3.63) is 117 Å². The number of hydrogen-bond acceptors (Lipinski definition) is 2. The summed E-state index contributed by atoms with van der Waals surface area (Å²) in [5, 5.41) is 0. The number of alkyl halides is 12. The minimum atomic E-state index is -6.18. The van der Waals surface area contributed by atoms with Gasteiger partial charge < -0.3 is 9.31 Å². The Balaban J connectivity index is 0.000000335. The Kier molecular flexibility index (Phi) is 14.8. The van der Waals surface area contributed by atoms with E-state index in [1.54, 1.807) is 0 Å². The maximum Gasteiger partial charge on any atom is 0.495 e. The second kappa shape index (κ2) is 17.8. The summed E-state index contributed by atoms with van der Waals surface area (Å²) in [6, 6.07) is 4.29. The monoisotopic (exact) mass is 930 g/mol. The molecule has 0 unspecified atom stereocenters. The fraction of sp³-hybridized carbons (Fsp3) is 0.226. The third kappa shape index (κ3) is 10.3. The van der Waals surface area contributed by atoms with Gasteiger partial charge in [0, 0.05) is 22.0 Å². The SMILES string of the molecule is Cc1c(F)c(F)c(F)c(B(c2c(F)c(F)c(F)c(F)c2F)c2c(F)c(F)c(F)c(F)c2F)c1F.FC(F)(F)C(OB(OC(C(F)(F)F)C(F)(F)F)c1ccccc1)C(F)(F)F. The van der Waals surface area contributed by atoms with Crippen molar-refractivity contribution in [2.45, 2.75) is 43.8 Å². The maximum atomic E-state index is 14.8. The molecule has 0 aromatic heterocycles. The van der Waals surface area contributed by atoms with Gasteiger partial charge in [-0.05, 0) is 12.4 Å². The Morgan fingerprint density at radius 3 is 0.885 bits per heavy atom. The van der Waals surface area contributed by atoms with E-state index < -0.39 is 160 Å². The molecule has 0 fully saturated rings. The number of hydrogen-bond donors (Lipinski definition) is 0. The molecule has 4 aromatic rings. The van der Waals surface area contributed by atoms with E-state index in [1.807, 2.05) is 0 Å². The average molecular weight is 930 g/mol. The zero-order valence-electron chi connectivity index (χ0n) is 28.3. The van der Waals surface area contributed by atoms with Gasteiger partial charge in [-0.1, -0.05) is 30.3 Å².